The lowest BCUT2D eigenvalue weighted by Gasteiger charge is -2.03. The topological polar surface area (TPSA) is 87.3 Å². The highest BCUT2D eigenvalue weighted by Crippen LogP contribution is 2.24. The van der Waals surface area contributed by atoms with Crippen molar-refractivity contribution in [3.8, 4) is 0 Å². The number of hydrogen-bond acceptors (Lipinski definition) is 5. The second-order valence-corrected chi connectivity index (χ2v) is 4.75. The van der Waals surface area contributed by atoms with Crippen molar-refractivity contribution in [3.63, 3.8) is 0 Å². The Morgan fingerprint density at radius 1 is 1.43 bits per heavy atom. The highest BCUT2D eigenvalue weighted by molar-refractivity contribution is 6.30. The zero-order valence-electron chi connectivity index (χ0n) is 11.4. The Labute approximate surface area is 125 Å². The van der Waals surface area contributed by atoms with Crippen LogP contribution in [0.15, 0.2) is 24.3 Å². The third kappa shape index (κ3) is 3.03. The van der Waals surface area contributed by atoms with Gasteiger partial charge in [0, 0.05) is 5.02 Å². The van der Waals surface area contributed by atoms with Gasteiger partial charge in [0.1, 0.15) is 5.69 Å². The predicted molar refractivity (Wildman–Crippen MR) is 75.5 cm³/mol. The van der Waals surface area contributed by atoms with Gasteiger partial charge in [-0.25, -0.2) is 4.79 Å². The number of carbonyl (C=O) groups is 1. The van der Waals surface area contributed by atoms with Gasteiger partial charge in [0.2, 0.25) is 5.69 Å². The van der Waals surface area contributed by atoms with Crippen molar-refractivity contribution in [1.82, 2.24) is 9.78 Å². The molecule has 0 saturated heterocycles. The number of esters is 1. The van der Waals surface area contributed by atoms with E-state index in [9.17, 15) is 14.9 Å². The first kappa shape index (κ1) is 15.0. The number of ether oxygens (including phenoxy) is 1. The van der Waals surface area contributed by atoms with E-state index in [1.54, 1.807) is 24.3 Å². The fourth-order valence-electron chi connectivity index (χ4n) is 1.91. The van der Waals surface area contributed by atoms with E-state index in [4.69, 9.17) is 11.6 Å². The maximum absolute atomic E-state index is 11.6. The molecule has 0 aliphatic carbocycles. The van der Waals surface area contributed by atoms with Crippen molar-refractivity contribution >= 4 is 23.3 Å². The molecule has 1 aromatic heterocycles. The fourth-order valence-corrected chi connectivity index (χ4v) is 2.03. The second-order valence-electron chi connectivity index (χ2n) is 4.32. The van der Waals surface area contributed by atoms with Crippen LogP contribution in [0, 0.1) is 17.0 Å². The van der Waals surface area contributed by atoms with E-state index in [0.717, 1.165) is 12.7 Å². The lowest BCUT2D eigenvalue weighted by atomic mass is 10.2. The van der Waals surface area contributed by atoms with Crippen molar-refractivity contribution in [3.05, 3.63) is 56.4 Å². The zero-order valence-corrected chi connectivity index (χ0v) is 12.1. The van der Waals surface area contributed by atoms with Gasteiger partial charge in [-0.3, -0.25) is 14.8 Å². The molecule has 0 radical (unpaired) electrons. The average molecular weight is 310 g/mol. The van der Waals surface area contributed by atoms with Gasteiger partial charge in [0.25, 0.3) is 0 Å². The van der Waals surface area contributed by atoms with Crippen LogP contribution in [0.1, 0.15) is 21.7 Å². The van der Waals surface area contributed by atoms with Crippen LogP contribution < -0.4 is 0 Å². The van der Waals surface area contributed by atoms with Crippen LogP contribution in [0.3, 0.4) is 0 Å². The minimum absolute atomic E-state index is 0.287. The summed E-state index contributed by atoms with van der Waals surface area (Å²) in [5.41, 5.74) is 0.511. The van der Waals surface area contributed by atoms with Crippen LogP contribution in [0.4, 0.5) is 5.69 Å². The van der Waals surface area contributed by atoms with Crippen molar-refractivity contribution in [1.29, 1.82) is 0 Å². The van der Waals surface area contributed by atoms with Crippen LogP contribution in [0.5, 0.6) is 0 Å². The average Bonchev–Trinajstić information content (AvgIpc) is 2.78. The monoisotopic (exact) mass is 309 g/mol. The summed E-state index contributed by atoms with van der Waals surface area (Å²) < 4.78 is 5.92. The molecule has 0 aliphatic rings. The standard InChI is InChI=1S/C13H12ClN3O4/c1-8-12(17(19)20)11(13(18)21-2)15-16(8)7-9-3-5-10(14)6-4-9/h3-6H,7H2,1-2H3. The van der Waals surface area contributed by atoms with Gasteiger partial charge in [0.05, 0.1) is 18.6 Å². The summed E-state index contributed by atoms with van der Waals surface area (Å²) in [6, 6.07) is 7.00. The minimum atomic E-state index is -0.834. The van der Waals surface area contributed by atoms with E-state index >= 15 is 0 Å². The molecular weight excluding hydrogens is 298 g/mol. The lowest BCUT2D eigenvalue weighted by Crippen LogP contribution is -2.07. The molecule has 7 nitrogen and oxygen atoms in total. The fraction of sp³-hybridized carbons (Fsp3) is 0.231. The Kier molecular flexibility index (Phi) is 4.23. The molecule has 0 unspecified atom stereocenters. The number of carbonyl (C=O) groups excluding carboxylic acids is 1. The molecular formula is C13H12ClN3O4. The van der Waals surface area contributed by atoms with E-state index in [-0.39, 0.29) is 17.1 Å². The molecule has 2 aromatic rings. The Morgan fingerprint density at radius 3 is 2.57 bits per heavy atom. The molecule has 0 fully saturated rings. The number of hydrogen-bond donors (Lipinski definition) is 0. The van der Waals surface area contributed by atoms with Gasteiger partial charge < -0.3 is 4.74 Å². The molecule has 21 heavy (non-hydrogen) atoms. The molecule has 0 bridgehead atoms. The van der Waals surface area contributed by atoms with Gasteiger partial charge in [-0.2, -0.15) is 5.10 Å². The molecule has 1 aromatic carbocycles. The Hall–Kier alpha value is -2.41. The first-order valence-electron chi connectivity index (χ1n) is 5.98. The summed E-state index contributed by atoms with van der Waals surface area (Å²) in [5, 5.41) is 15.7. The van der Waals surface area contributed by atoms with Crippen LogP contribution >= 0.6 is 11.6 Å². The molecule has 2 rings (SSSR count). The molecule has 0 saturated carbocycles. The van der Waals surface area contributed by atoms with Gasteiger partial charge in [0.15, 0.2) is 0 Å². The maximum atomic E-state index is 11.6. The SMILES string of the molecule is COC(=O)c1nn(Cc2ccc(Cl)cc2)c(C)c1[N+](=O)[O-]. The van der Waals surface area contributed by atoms with Crippen molar-refractivity contribution in [2.45, 2.75) is 13.5 Å². The zero-order chi connectivity index (χ0) is 15.6. The number of methoxy groups -OCH3 is 1. The summed E-state index contributed by atoms with van der Waals surface area (Å²) in [4.78, 5) is 22.0. The Balaban J connectivity index is 2.42. The second kappa shape index (κ2) is 5.92. The van der Waals surface area contributed by atoms with Gasteiger partial charge in [-0.1, -0.05) is 23.7 Å². The van der Waals surface area contributed by atoms with Crippen molar-refractivity contribution < 1.29 is 14.5 Å². The molecule has 110 valence electrons. The Morgan fingerprint density at radius 2 is 2.05 bits per heavy atom. The van der Waals surface area contributed by atoms with Crippen LogP contribution in [-0.4, -0.2) is 27.8 Å². The first-order chi connectivity index (χ1) is 9.93. The van der Waals surface area contributed by atoms with E-state index in [0.29, 0.717) is 11.6 Å². The van der Waals surface area contributed by atoms with Crippen molar-refractivity contribution in [2.75, 3.05) is 7.11 Å². The van der Waals surface area contributed by atoms with E-state index in [1.165, 1.54) is 11.6 Å². The molecule has 0 spiro atoms. The largest absolute Gasteiger partial charge is 0.464 e. The number of aromatic nitrogens is 2. The van der Waals surface area contributed by atoms with Gasteiger partial charge >= 0.3 is 11.7 Å². The number of rotatable bonds is 4. The summed E-state index contributed by atoms with van der Waals surface area (Å²) in [7, 11) is 1.15. The summed E-state index contributed by atoms with van der Waals surface area (Å²) in [6.45, 7) is 1.83. The van der Waals surface area contributed by atoms with Gasteiger partial charge in [-0.05, 0) is 24.6 Å². The smallest absolute Gasteiger partial charge is 0.365 e. The molecule has 0 atom stereocenters. The molecule has 8 heteroatoms. The predicted octanol–water partition coefficient (Wildman–Crippen LogP) is 2.59. The lowest BCUT2D eigenvalue weighted by molar-refractivity contribution is -0.385. The summed E-state index contributed by atoms with van der Waals surface area (Å²) in [5.74, 6) is -0.834. The van der Waals surface area contributed by atoms with E-state index in [2.05, 4.69) is 9.84 Å². The molecule has 0 aliphatic heterocycles. The summed E-state index contributed by atoms with van der Waals surface area (Å²) >= 11 is 5.80. The van der Waals surface area contributed by atoms with Gasteiger partial charge in [-0.15, -0.1) is 0 Å². The normalized spacial score (nSPS) is 10.4. The third-order valence-electron chi connectivity index (χ3n) is 2.98. The molecule has 0 amide bonds. The van der Waals surface area contributed by atoms with Crippen LogP contribution in [-0.2, 0) is 11.3 Å². The van der Waals surface area contributed by atoms with Crippen LogP contribution in [0.25, 0.3) is 0 Å². The minimum Gasteiger partial charge on any atom is -0.464 e. The van der Waals surface area contributed by atoms with Crippen molar-refractivity contribution in [2.24, 2.45) is 0 Å². The highest BCUT2D eigenvalue weighted by atomic mass is 35.5. The quantitative estimate of drug-likeness (QED) is 0.492. The highest BCUT2D eigenvalue weighted by Gasteiger charge is 2.30. The number of benzene rings is 1. The maximum Gasteiger partial charge on any atom is 0.365 e. The number of nitro groups is 1. The summed E-state index contributed by atoms with van der Waals surface area (Å²) in [6.07, 6.45) is 0. The molecule has 0 N–H and O–H groups in total. The molecule has 1 heterocycles. The van der Waals surface area contributed by atoms with Crippen LogP contribution in [0.2, 0.25) is 5.02 Å². The third-order valence-corrected chi connectivity index (χ3v) is 3.23. The number of nitrogens with zero attached hydrogens (tertiary/aromatic N) is 3. The number of halogens is 1. The Bertz CT molecular complexity index is 694. The van der Waals surface area contributed by atoms with E-state index in [1.807, 2.05) is 0 Å². The van der Waals surface area contributed by atoms with E-state index < -0.39 is 10.9 Å². The first-order valence-corrected chi connectivity index (χ1v) is 6.36.